The van der Waals surface area contributed by atoms with Gasteiger partial charge in [-0.05, 0) is 25.7 Å². The van der Waals surface area contributed by atoms with E-state index >= 15 is 0 Å². The molecule has 14 heavy (non-hydrogen) atoms. The second kappa shape index (κ2) is 4.88. The maximum atomic E-state index is 11.2. The number of aliphatic hydroxyl groups is 1. The van der Waals surface area contributed by atoms with Gasteiger partial charge in [0.2, 0.25) is 0 Å². The Morgan fingerprint density at radius 1 is 1.29 bits per heavy atom. The molecule has 80 valence electrons. The lowest BCUT2D eigenvalue weighted by atomic mass is 9.86. The number of hydrogen-bond donors (Lipinski definition) is 1. The van der Waals surface area contributed by atoms with E-state index in [4.69, 9.17) is 4.74 Å². The predicted octanol–water partition coefficient (Wildman–Crippen LogP) is 1.77. The molecule has 0 amide bonds. The van der Waals surface area contributed by atoms with Crippen molar-refractivity contribution >= 4 is 5.97 Å². The molecule has 1 fully saturated rings. The van der Waals surface area contributed by atoms with E-state index in [-0.39, 0.29) is 17.8 Å². The van der Waals surface area contributed by atoms with Gasteiger partial charge in [0.1, 0.15) is 0 Å². The zero-order valence-electron chi connectivity index (χ0n) is 8.58. The van der Waals surface area contributed by atoms with E-state index in [1.807, 2.05) is 0 Å². The average molecular weight is 200 g/mol. The molecular formula is C10H16O4. The fourth-order valence-electron chi connectivity index (χ4n) is 1.73. The summed E-state index contributed by atoms with van der Waals surface area (Å²) in [7, 11) is 2.84. The summed E-state index contributed by atoms with van der Waals surface area (Å²) in [6, 6.07) is 0. The van der Waals surface area contributed by atoms with Crippen LogP contribution >= 0.6 is 0 Å². The van der Waals surface area contributed by atoms with Crippen LogP contribution in [0.15, 0.2) is 11.5 Å². The molecule has 0 heterocycles. The molecule has 0 unspecified atom stereocenters. The number of carbonyl (C=O) groups excluding carboxylic acids is 1. The molecule has 0 bridgehead atoms. The Morgan fingerprint density at radius 3 is 2.29 bits per heavy atom. The summed E-state index contributed by atoms with van der Waals surface area (Å²) in [5.74, 6) is -0.164. The van der Waals surface area contributed by atoms with Crippen molar-refractivity contribution in [2.75, 3.05) is 14.2 Å². The minimum absolute atomic E-state index is 0.00770. The third kappa shape index (κ3) is 2.40. The molecule has 1 N–H and O–H groups in total. The average Bonchev–Trinajstić information content (AvgIpc) is 2.27. The standard InChI is InChI=1S/C10H16O4/c1-13-9(11)7-3-5-8(6-4-7)10(12)14-2/h7,12H,3-6H2,1-2H3. The summed E-state index contributed by atoms with van der Waals surface area (Å²) in [6.07, 6.45) is 2.88. The van der Waals surface area contributed by atoms with Crippen LogP contribution in [0.4, 0.5) is 0 Å². The first kappa shape index (κ1) is 10.9. The molecule has 0 aromatic heterocycles. The number of esters is 1. The molecule has 1 aliphatic rings. The number of aliphatic hydroxyl groups excluding tert-OH is 1. The predicted molar refractivity (Wildman–Crippen MR) is 50.6 cm³/mol. The highest BCUT2D eigenvalue weighted by molar-refractivity contribution is 5.72. The maximum absolute atomic E-state index is 11.2. The van der Waals surface area contributed by atoms with Crippen molar-refractivity contribution in [3.05, 3.63) is 11.5 Å². The summed E-state index contributed by atoms with van der Waals surface area (Å²) in [6.45, 7) is 0. The number of rotatable bonds is 2. The summed E-state index contributed by atoms with van der Waals surface area (Å²) in [5, 5.41) is 9.31. The summed E-state index contributed by atoms with van der Waals surface area (Å²) >= 11 is 0. The number of carbonyl (C=O) groups is 1. The van der Waals surface area contributed by atoms with Crippen LogP contribution in [0.2, 0.25) is 0 Å². The van der Waals surface area contributed by atoms with Crippen LogP contribution < -0.4 is 0 Å². The molecule has 0 aromatic rings. The first-order chi connectivity index (χ1) is 6.69. The first-order valence-electron chi connectivity index (χ1n) is 4.71. The topological polar surface area (TPSA) is 55.8 Å². The fourth-order valence-corrected chi connectivity index (χ4v) is 1.73. The van der Waals surface area contributed by atoms with Crippen LogP contribution in [0.1, 0.15) is 25.7 Å². The Balaban J connectivity index is 2.50. The maximum Gasteiger partial charge on any atom is 0.308 e. The lowest BCUT2D eigenvalue weighted by molar-refractivity contribution is -0.146. The van der Waals surface area contributed by atoms with Crippen molar-refractivity contribution in [2.45, 2.75) is 25.7 Å². The van der Waals surface area contributed by atoms with Gasteiger partial charge >= 0.3 is 5.97 Å². The van der Waals surface area contributed by atoms with Crippen LogP contribution in [-0.4, -0.2) is 25.3 Å². The summed E-state index contributed by atoms with van der Waals surface area (Å²) in [5.41, 5.74) is 0.896. The Morgan fingerprint density at radius 2 is 1.86 bits per heavy atom. The van der Waals surface area contributed by atoms with E-state index in [1.165, 1.54) is 14.2 Å². The van der Waals surface area contributed by atoms with E-state index in [9.17, 15) is 9.90 Å². The number of methoxy groups -OCH3 is 2. The van der Waals surface area contributed by atoms with E-state index in [1.54, 1.807) is 0 Å². The van der Waals surface area contributed by atoms with Crippen LogP contribution in [0, 0.1) is 5.92 Å². The third-order valence-corrected chi connectivity index (χ3v) is 2.62. The molecule has 4 heteroatoms. The highest BCUT2D eigenvalue weighted by Gasteiger charge is 2.25. The Kier molecular flexibility index (Phi) is 3.80. The van der Waals surface area contributed by atoms with Crippen LogP contribution in [0.5, 0.6) is 0 Å². The smallest absolute Gasteiger partial charge is 0.308 e. The second-order valence-electron chi connectivity index (χ2n) is 3.41. The molecule has 0 radical (unpaired) electrons. The second-order valence-corrected chi connectivity index (χ2v) is 3.41. The number of allylic oxidation sites excluding steroid dienone is 1. The van der Waals surface area contributed by atoms with E-state index in [2.05, 4.69) is 4.74 Å². The van der Waals surface area contributed by atoms with Gasteiger partial charge in [-0.1, -0.05) is 0 Å². The van der Waals surface area contributed by atoms with Crippen molar-refractivity contribution in [2.24, 2.45) is 5.92 Å². The molecule has 1 saturated carbocycles. The number of ether oxygens (including phenoxy) is 2. The normalized spacial score (nSPS) is 21.6. The minimum atomic E-state index is -0.152. The van der Waals surface area contributed by atoms with Crippen LogP contribution in [0.3, 0.4) is 0 Å². The Bertz CT molecular complexity index is 235. The van der Waals surface area contributed by atoms with Crippen LogP contribution in [0.25, 0.3) is 0 Å². The molecule has 1 aliphatic carbocycles. The highest BCUT2D eigenvalue weighted by atomic mass is 16.6. The van der Waals surface area contributed by atoms with E-state index in [0.717, 1.165) is 18.4 Å². The molecule has 0 atom stereocenters. The first-order valence-corrected chi connectivity index (χ1v) is 4.71. The molecule has 0 aromatic carbocycles. The van der Waals surface area contributed by atoms with Crippen molar-refractivity contribution in [3.63, 3.8) is 0 Å². The molecule has 0 aliphatic heterocycles. The molecule has 0 saturated heterocycles. The van der Waals surface area contributed by atoms with Gasteiger partial charge in [-0.25, -0.2) is 0 Å². The van der Waals surface area contributed by atoms with Gasteiger partial charge in [-0.15, -0.1) is 0 Å². The van der Waals surface area contributed by atoms with Gasteiger partial charge in [0.15, 0.2) is 0 Å². The molecule has 4 nitrogen and oxygen atoms in total. The third-order valence-electron chi connectivity index (χ3n) is 2.62. The summed E-state index contributed by atoms with van der Waals surface area (Å²) < 4.78 is 9.39. The lowest BCUT2D eigenvalue weighted by Gasteiger charge is -2.21. The lowest BCUT2D eigenvalue weighted by Crippen LogP contribution is -2.20. The molecule has 0 spiro atoms. The van der Waals surface area contributed by atoms with E-state index in [0.29, 0.717) is 12.8 Å². The molecular weight excluding hydrogens is 184 g/mol. The minimum Gasteiger partial charge on any atom is -0.481 e. The van der Waals surface area contributed by atoms with Gasteiger partial charge < -0.3 is 14.6 Å². The quantitative estimate of drug-likeness (QED) is 0.545. The van der Waals surface area contributed by atoms with Gasteiger partial charge in [-0.2, -0.15) is 0 Å². The number of hydrogen-bond acceptors (Lipinski definition) is 4. The largest absolute Gasteiger partial charge is 0.481 e. The zero-order valence-corrected chi connectivity index (χ0v) is 8.58. The zero-order chi connectivity index (χ0) is 10.6. The van der Waals surface area contributed by atoms with Gasteiger partial charge in [0.05, 0.1) is 20.1 Å². The SMILES string of the molecule is COC(=O)C1CCC(=C(O)OC)CC1. The molecule has 1 rings (SSSR count). The Labute approximate surface area is 83.5 Å². The van der Waals surface area contributed by atoms with Crippen molar-refractivity contribution < 1.29 is 19.4 Å². The van der Waals surface area contributed by atoms with E-state index < -0.39 is 0 Å². The highest BCUT2D eigenvalue weighted by Crippen LogP contribution is 2.30. The van der Waals surface area contributed by atoms with Crippen molar-refractivity contribution in [1.29, 1.82) is 0 Å². The van der Waals surface area contributed by atoms with Crippen molar-refractivity contribution in [3.8, 4) is 0 Å². The monoisotopic (exact) mass is 200 g/mol. The summed E-state index contributed by atoms with van der Waals surface area (Å²) in [4.78, 5) is 11.2. The van der Waals surface area contributed by atoms with Crippen LogP contribution in [-0.2, 0) is 14.3 Å². The fraction of sp³-hybridized carbons (Fsp3) is 0.700. The Hall–Kier alpha value is -1.19. The van der Waals surface area contributed by atoms with Gasteiger partial charge in [0.25, 0.3) is 5.95 Å². The van der Waals surface area contributed by atoms with Gasteiger partial charge in [-0.3, -0.25) is 4.79 Å². The van der Waals surface area contributed by atoms with Gasteiger partial charge in [0, 0.05) is 5.57 Å². The van der Waals surface area contributed by atoms with Crippen molar-refractivity contribution in [1.82, 2.24) is 0 Å².